The molecule has 16 nitrogen and oxygen atoms in total. The number of rotatable bonds is 9. The molecule has 1 aromatic carbocycles. The third kappa shape index (κ3) is 5.05. The van der Waals surface area contributed by atoms with Crippen molar-refractivity contribution < 1.29 is 44.4 Å². The van der Waals surface area contributed by atoms with Gasteiger partial charge in [-0.05, 0) is 19.4 Å². The lowest BCUT2D eigenvalue weighted by Crippen LogP contribution is -2.71. The normalized spacial score (nSPS) is 19.0. The molecule has 4 heterocycles. The molecule has 0 radical (unpaired) electrons. The van der Waals surface area contributed by atoms with Gasteiger partial charge in [-0.1, -0.05) is 5.16 Å². The molecule has 2 aliphatic rings. The number of β-lactam (4-membered cyclic amide) rings is 1. The van der Waals surface area contributed by atoms with Crippen LogP contribution in [0.1, 0.15) is 19.5 Å². The molecule has 2 atom stereocenters. The Labute approximate surface area is 244 Å². The van der Waals surface area contributed by atoms with Crippen LogP contribution in [0.25, 0.3) is 11.0 Å². The van der Waals surface area contributed by atoms with Crippen LogP contribution in [0.2, 0.25) is 0 Å². The number of thiazole rings is 1. The number of carboxylic acids is 2. The lowest BCUT2D eigenvalue weighted by atomic mass is 10.0. The molecule has 1 fully saturated rings. The predicted molar refractivity (Wildman–Crippen MR) is 149 cm³/mol. The van der Waals surface area contributed by atoms with E-state index in [2.05, 4.69) is 20.4 Å². The van der Waals surface area contributed by atoms with E-state index in [1.807, 2.05) is 0 Å². The van der Waals surface area contributed by atoms with E-state index in [1.54, 1.807) is 4.57 Å². The van der Waals surface area contributed by atoms with Crippen LogP contribution in [0.3, 0.4) is 0 Å². The van der Waals surface area contributed by atoms with E-state index in [-0.39, 0.29) is 40.3 Å². The molecule has 0 aliphatic carbocycles. The van der Waals surface area contributed by atoms with Crippen LogP contribution in [-0.4, -0.2) is 92.1 Å². The summed E-state index contributed by atoms with van der Waals surface area (Å²) in [5, 5.41) is 46.0. The van der Waals surface area contributed by atoms with Crippen molar-refractivity contribution >= 4 is 68.7 Å². The van der Waals surface area contributed by atoms with Crippen LogP contribution in [0, 0.1) is 0 Å². The highest BCUT2D eigenvalue weighted by Gasteiger charge is 2.54. The van der Waals surface area contributed by atoms with E-state index in [9.17, 15) is 39.6 Å². The summed E-state index contributed by atoms with van der Waals surface area (Å²) in [5.74, 6) is -4.80. The third-order valence-corrected chi connectivity index (χ3v) is 8.49. The van der Waals surface area contributed by atoms with Crippen molar-refractivity contribution in [1.29, 1.82) is 0 Å². The molecular weight excluding hydrogens is 594 g/mol. The van der Waals surface area contributed by atoms with E-state index in [0.29, 0.717) is 16.6 Å². The molecule has 3 aromatic rings. The second-order valence-corrected chi connectivity index (χ2v) is 11.7. The lowest BCUT2D eigenvalue weighted by Gasteiger charge is -2.49. The van der Waals surface area contributed by atoms with Crippen molar-refractivity contribution in [2.24, 2.45) is 5.16 Å². The number of nitrogens with two attached hydrogens (primary N) is 1. The molecule has 0 spiro atoms. The molecule has 1 saturated heterocycles. The first kappa shape index (κ1) is 28.7. The van der Waals surface area contributed by atoms with Gasteiger partial charge in [0.25, 0.3) is 11.8 Å². The summed E-state index contributed by atoms with van der Waals surface area (Å²) in [6, 6.07) is 1.45. The Balaban J connectivity index is 1.38. The first-order valence-corrected chi connectivity index (χ1v) is 14.0. The monoisotopic (exact) mass is 617 g/mol. The van der Waals surface area contributed by atoms with Gasteiger partial charge in [-0.15, -0.1) is 23.1 Å². The van der Waals surface area contributed by atoms with Gasteiger partial charge in [0.15, 0.2) is 22.3 Å². The van der Waals surface area contributed by atoms with Gasteiger partial charge in [0.1, 0.15) is 22.8 Å². The highest BCUT2D eigenvalue weighted by molar-refractivity contribution is 8.00. The van der Waals surface area contributed by atoms with Crippen molar-refractivity contribution in [3.8, 4) is 11.5 Å². The molecular formula is C24H23N7O9S2. The minimum absolute atomic E-state index is 0.00330. The molecule has 5 rings (SSSR count). The second-order valence-electron chi connectivity index (χ2n) is 9.74. The predicted octanol–water partition coefficient (Wildman–Crippen LogP) is 0.509. The maximum Gasteiger partial charge on any atom is 0.352 e. The standard InChI is InChI=1S/C24H23N7O9S2/c1-24(2,22(38)39)40-29-15(11-7-42-23(25)27-11)18(34)28-16-19(35)31-17(21(36)37)9(6-41-20(16)31)5-30-8-26-10-3-13(32)14(33)4-12(10)30/h3-4,7-8,16,20,32-33H,5-6H2,1-2H3,(H2,25,27)(H,28,34)(H,36,37)(H,38,39)/b29-15-. The first-order chi connectivity index (χ1) is 19.8. The number of benzene rings is 1. The van der Waals surface area contributed by atoms with E-state index in [0.717, 1.165) is 16.2 Å². The number of aromatic nitrogens is 3. The minimum atomic E-state index is -1.79. The average molecular weight is 618 g/mol. The zero-order valence-electron chi connectivity index (χ0n) is 21.8. The van der Waals surface area contributed by atoms with Gasteiger partial charge in [0.05, 0.1) is 17.4 Å². The van der Waals surface area contributed by atoms with E-state index < -0.39 is 46.5 Å². The van der Waals surface area contributed by atoms with Crippen LogP contribution < -0.4 is 11.1 Å². The number of fused-ring (bicyclic) bond motifs is 2. The maximum absolute atomic E-state index is 13.2. The summed E-state index contributed by atoms with van der Waals surface area (Å²) in [4.78, 5) is 64.5. The second kappa shape index (κ2) is 10.5. The lowest BCUT2D eigenvalue weighted by molar-refractivity contribution is -0.161. The number of thioether (sulfide) groups is 1. The number of nitrogen functional groups attached to an aromatic ring is 1. The molecule has 18 heteroatoms. The summed E-state index contributed by atoms with van der Waals surface area (Å²) in [7, 11) is 0. The number of hydrogen-bond donors (Lipinski definition) is 6. The molecule has 2 aliphatic heterocycles. The smallest absolute Gasteiger partial charge is 0.352 e. The fourth-order valence-electron chi connectivity index (χ4n) is 4.23. The largest absolute Gasteiger partial charge is 0.504 e. The number of aromatic hydroxyl groups is 2. The van der Waals surface area contributed by atoms with Gasteiger partial charge in [0.2, 0.25) is 5.60 Å². The molecule has 42 heavy (non-hydrogen) atoms. The average Bonchev–Trinajstić information content (AvgIpc) is 3.52. The van der Waals surface area contributed by atoms with E-state index in [4.69, 9.17) is 10.6 Å². The Kier molecular flexibility index (Phi) is 7.19. The Morgan fingerprint density at radius 3 is 2.60 bits per heavy atom. The number of carbonyl (C=O) groups excluding carboxylic acids is 2. The van der Waals surface area contributed by atoms with Crippen molar-refractivity contribution in [1.82, 2.24) is 24.8 Å². The SMILES string of the molecule is CC(C)(O/N=C(\C(=O)NC1C(=O)N2C(C(=O)O)=C(Cn3cnc4cc(O)c(O)cc43)CSC12)c1csc(N)n1)C(=O)O. The number of nitrogens with zero attached hydrogens (tertiary/aromatic N) is 5. The summed E-state index contributed by atoms with van der Waals surface area (Å²) in [6.07, 6.45) is 1.42. The van der Waals surface area contributed by atoms with Gasteiger partial charge in [-0.3, -0.25) is 14.5 Å². The number of anilines is 1. The van der Waals surface area contributed by atoms with Crippen molar-refractivity contribution in [3.63, 3.8) is 0 Å². The van der Waals surface area contributed by atoms with E-state index >= 15 is 0 Å². The first-order valence-electron chi connectivity index (χ1n) is 12.1. The number of aliphatic carboxylic acids is 2. The summed E-state index contributed by atoms with van der Waals surface area (Å²) < 4.78 is 1.58. The van der Waals surface area contributed by atoms with Gasteiger partial charge < -0.3 is 40.9 Å². The Morgan fingerprint density at radius 2 is 1.95 bits per heavy atom. The molecule has 2 unspecified atom stereocenters. The maximum atomic E-state index is 13.2. The molecule has 0 bridgehead atoms. The summed E-state index contributed by atoms with van der Waals surface area (Å²) in [6.45, 7) is 2.49. The number of carbonyl (C=O) groups is 4. The topological polar surface area (TPSA) is 243 Å². The molecule has 2 amide bonds. The number of amides is 2. The number of hydrogen-bond acceptors (Lipinski definition) is 13. The fourth-order valence-corrected chi connectivity index (χ4v) is 6.11. The number of carboxylic acid groups (broad SMARTS) is 2. The van der Waals surface area contributed by atoms with Crippen LogP contribution in [0.4, 0.5) is 5.13 Å². The number of nitrogens with one attached hydrogen (secondary N) is 1. The summed E-state index contributed by atoms with van der Waals surface area (Å²) in [5.41, 5.74) is 4.43. The quantitative estimate of drug-likeness (QED) is 0.0831. The minimum Gasteiger partial charge on any atom is -0.504 e. The number of imidazole rings is 1. The Hall–Kier alpha value is -4.84. The van der Waals surface area contributed by atoms with E-state index in [1.165, 1.54) is 49.4 Å². The Morgan fingerprint density at radius 1 is 1.24 bits per heavy atom. The van der Waals surface area contributed by atoms with Gasteiger partial charge in [-0.25, -0.2) is 19.6 Å². The summed E-state index contributed by atoms with van der Waals surface area (Å²) >= 11 is 2.23. The van der Waals surface area contributed by atoms with Gasteiger partial charge in [0, 0.05) is 29.8 Å². The fraction of sp³-hybridized carbons (Fsp3) is 0.292. The third-order valence-electron chi connectivity index (χ3n) is 6.47. The van der Waals surface area contributed by atoms with Gasteiger partial charge in [-0.2, -0.15) is 0 Å². The number of phenolic OH excluding ortho intramolecular Hbond substituents is 2. The number of phenols is 2. The van der Waals surface area contributed by atoms with Crippen LogP contribution >= 0.6 is 23.1 Å². The zero-order chi connectivity index (χ0) is 30.5. The zero-order valence-corrected chi connectivity index (χ0v) is 23.5. The number of oxime groups is 1. The molecule has 220 valence electrons. The highest BCUT2D eigenvalue weighted by Crippen LogP contribution is 2.41. The van der Waals surface area contributed by atoms with Crippen molar-refractivity contribution in [2.75, 3.05) is 11.5 Å². The van der Waals surface area contributed by atoms with Crippen LogP contribution in [0.15, 0.2) is 40.3 Å². The van der Waals surface area contributed by atoms with Gasteiger partial charge >= 0.3 is 11.9 Å². The highest BCUT2D eigenvalue weighted by atomic mass is 32.2. The van der Waals surface area contributed by atoms with Crippen LogP contribution in [-0.2, 0) is 30.6 Å². The van der Waals surface area contributed by atoms with Crippen LogP contribution in [0.5, 0.6) is 11.5 Å². The molecule has 0 saturated carbocycles. The molecule has 7 N–H and O–H groups in total. The van der Waals surface area contributed by atoms with Crippen molar-refractivity contribution in [3.05, 3.63) is 40.8 Å². The molecule has 2 aromatic heterocycles. The van der Waals surface area contributed by atoms with Crippen molar-refractivity contribution in [2.45, 2.75) is 37.4 Å². The Bertz CT molecular complexity index is 1710.